The quantitative estimate of drug-likeness (QED) is 0.621. The first-order valence-electron chi connectivity index (χ1n) is 5.49. The number of benzene rings is 2. The van der Waals surface area contributed by atoms with Gasteiger partial charge >= 0.3 is 0 Å². The Bertz CT molecular complexity index is 625. The normalized spacial score (nSPS) is 10.3. The van der Waals surface area contributed by atoms with Crippen molar-refractivity contribution in [3.8, 4) is 0 Å². The van der Waals surface area contributed by atoms with Crippen LogP contribution in [0, 0.1) is 10.5 Å². The van der Waals surface area contributed by atoms with Crippen molar-refractivity contribution in [3.63, 3.8) is 0 Å². The zero-order valence-electron chi connectivity index (χ0n) is 10.0. The molecule has 0 unspecified atom stereocenters. The molecule has 0 fully saturated rings. The van der Waals surface area contributed by atoms with Gasteiger partial charge in [0.1, 0.15) is 0 Å². The van der Waals surface area contributed by atoms with E-state index in [1.165, 1.54) is 0 Å². The minimum absolute atomic E-state index is 0.168. The van der Waals surface area contributed by atoms with Gasteiger partial charge in [0.15, 0.2) is 0 Å². The summed E-state index contributed by atoms with van der Waals surface area (Å²) in [5, 5.41) is 3.41. The molecule has 0 aliphatic heterocycles. The fourth-order valence-electron chi connectivity index (χ4n) is 1.64. The van der Waals surface area contributed by atoms with E-state index in [1.807, 2.05) is 37.3 Å². The number of halogens is 3. The molecule has 19 heavy (non-hydrogen) atoms. The van der Waals surface area contributed by atoms with Crippen LogP contribution in [-0.2, 0) is 0 Å². The third-order valence-corrected chi connectivity index (χ3v) is 5.04. The first kappa shape index (κ1) is 14.8. The second-order valence-electron chi connectivity index (χ2n) is 4.10. The number of nitrogens with one attached hydrogen (secondary N) is 1. The molecule has 0 radical (unpaired) electrons. The highest BCUT2D eigenvalue weighted by atomic mass is 127. The fraction of sp³-hybridized carbons (Fsp3) is 0.0714. The predicted molar refractivity (Wildman–Crippen MR) is 91.0 cm³/mol. The van der Waals surface area contributed by atoms with Gasteiger partial charge in [0, 0.05) is 24.3 Å². The van der Waals surface area contributed by atoms with Gasteiger partial charge in [-0.15, -0.1) is 0 Å². The molecule has 2 nitrogen and oxygen atoms in total. The highest BCUT2D eigenvalue weighted by Crippen LogP contribution is 2.23. The van der Waals surface area contributed by atoms with Crippen LogP contribution in [0.3, 0.4) is 0 Å². The minimum Gasteiger partial charge on any atom is -0.322 e. The average molecular weight is 451 g/mol. The first-order valence-corrected chi connectivity index (χ1v) is 7.74. The monoisotopic (exact) mass is 449 g/mol. The van der Waals surface area contributed by atoms with Crippen molar-refractivity contribution in [2.45, 2.75) is 6.92 Å². The van der Waals surface area contributed by atoms with Crippen molar-refractivity contribution in [1.29, 1.82) is 0 Å². The summed E-state index contributed by atoms with van der Waals surface area (Å²) in [6.45, 7) is 1.91. The zero-order chi connectivity index (χ0) is 14.0. The highest BCUT2D eigenvalue weighted by Gasteiger charge is 2.08. The van der Waals surface area contributed by atoms with Crippen LogP contribution in [0.1, 0.15) is 15.9 Å². The van der Waals surface area contributed by atoms with Gasteiger partial charge in [0.2, 0.25) is 0 Å². The van der Waals surface area contributed by atoms with Crippen LogP contribution in [0.5, 0.6) is 0 Å². The molecule has 2 aromatic rings. The number of amides is 1. The van der Waals surface area contributed by atoms with E-state index in [4.69, 9.17) is 11.6 Å². The summed E-state index contributed by atoms with van der Waals surface area (Å²) < 4.78 is 2.04. The number of anilines is 1. The zero-order valence-corrected chi connectivity index (χ0v) is 14.5. The maximum Gasteiger partial charge on any atom is 0.255 e. The number of aryl methyl sites for hydroxylation is 1. The van der Waals surface area contributed by atoms with E-state index in [-0.39, 0.29) is 5.91 Å². The number of carbonyl (C=O) groups excluding carboxylic acids is 1. The summed E-state index contributed by atoms with van der Waals surface area (Å²) in [5.74, 6) is -0.168. The Morgan fingerprint density at radius 1 is 1.26 bits per heavy atom. The molecule has 0 aliphatic carbocycles. The number of rotatable bonds is 2. The minimum atomic E-state index is -0.168. The molecule has 0 saturated carbocycles. The molecule has 0 aliphatic rings. The van der Waals surface area contributed by atoms with Crippen LogP contribution in [0.25, 0.3) is 0 Å². The lowest BCUT2D eigenvalue weighted by molar-refractivity contribution is 0.102. The van der Waals surface area contributed by atoms with E-state index in [2.05, 4.69) is 43.8 Å². The van der Waals surface area contributed by atoms with Crippen LogP contribution >= 0.6 is 50.1 Å². The maximum atomic E-state index is 12.1. The fourth-order valence-corrected chi connectivity index (χ4v) is 2.65. The molecule has 1 N–H and O–H groups in total. The van der Waals surface area contributed by atoms with Gasteiger partial charge in [0.05, 0.1) is 0 Å². The van der Waals surface area contributed by atoms with Crippen molar-refractivity contribution in [3.05, 3.63) is 60.6 Å². The molecule has 0 saturated heterocycles. The summed E-state index contributed by atoms with van der Waals surface area (Å²) >= 11 is 11.6. The van der Waals surface area contributed by atoms with Crippen LogP contribution in [0.4, 0.5) is 5.69 Å². The lowest BCUT2D eigenvalue weighted by Gasteiger charge is -2.07. The van der Waals surface area contributed by atoms with Gasteiger partial charge < -0.3 is 5.32 Å². The summed E-state index contributed by atoms with van der Waals surface area (Å²) in [7, 11) is 0. The van der Waals surface area contributed by atoms with Crippen LogP contribution < -0.4 is 5.32 Å². The second kappa shape index (κ2) is 6.24. The van der Waals surface area contributed by atoms with Gasteiger partial charge in [-0.2, -0.15) is 0 Å². The smallest absolute Gasteiger partial charge is 0.255 e. The van der Waals surface area contributed by atoms with E-state index >= 15 is 0 Å². The summed E-state index contributed by atoms with van der Waals surface area (Å²) in [5.41, 5.74) is 2.26. The lowest BCUT2D eigenvalue weighted by Crippen LogP contribution is -2.12. The van der Waals surface area contributed by atoms with Gasteiger partial charge in [0.25, 0.3) is 5.91 Å². The standard InChI is InChI=1S/C14H10BrClINO/c1-8-4-9(6-10(16)5-8)14(19)18-11-2-3-13(17)12(15)7-11/h2-7H,1H3,(H,18,19). The largest absolute Gasteiger partial charge is 0.322 e. The van der Waals surface area contributed by atoms with Crippen molar-refractivity contribution >= 4 is 61.7 Å². The van der Waals surface area contributed by atoms with Gasteiger partial charge in [-0.25, -0.2) is 0 Å². The predicted octanol–water partition coefficient (Wildman–Crippen LogP) is 5.27. The summed E-state index contributed by atoms with van der Waals surface area (Å²) in [6.07, 6.45) is 0. The van der Waals surface area contributed by atoms with Crippen LogP contribution in [0.2, 0.25) is 5.02 Å². The number of hydrogen-bond acceptors (Lipinski definition) is 1. The van der Waals surface area contributed by atoms with Gasteiger partial charge in [-0.3, -0.25) is 4.79 Å². The average Bonchev–Trinajstić information content (AvgIpc) is 2.32. The van der Waals surface area contributed by atoms with E-state index < -0.39 is 0 Å². The molecule has 0 spiro atoms. The van der Waals surface area contributed by atoms with Crippen molar-refractivity contribution in [2.24, 2.45) is 0 Å². The topological polar surface area (TPSA) is 29.1 Å². The number of carbonyl (C=O) groups is 1. The molecule has 0 atom stereocenters. The Balaban J connectivity index is 2.22. The summed E-state index contributed by atoms with van der Waals surface area (Å²) in [4.78, 5) is 12.1. The second-order valence-corrected chi connectivity index (χ2v) is 6.55. The third kappa shape index (κ3) is 3.94. The van der Waals surface area contributed by atoms with Gasteiger partial charge in [-0.05, 0) is 87.4 Å². The van der Waals surface area contributed by atoms with Crippen molar-refractivity contribution in [2.75, 3.05) is 5.32 Å². The van der Waals surface area contributed by atoms with Crippen molar-refractivity contribution < 1.29 is 4.79 Å². The molecule has 98 valence electrons. The Morgan fingerprint density at radius 3 is 2.63 bits per heavy atom. The Morgan fingerprint density at radius 2 is 2.00 bits per heavy atom. The molecular weight excluding hydrogens is 440 g/mol. The molecule has 2 rings (SSSR count). The molecule has 0 aromatic heterocycles. The molecule has 0 heterocycles. The molecule has 1 amide bonds. The third-order valence-electron chi connectivity index (χ3n) is 2.48. The van der Waals surface area contributed by atoms with E-state index in [0.29, 0.717) is 10.6 Å². The molecule has 2 aromatic carbocycles. The highest BCUT2D eigenvalue weighted by molar-refractivity contribution is 14.1. The van der Waals surface area contributed by atoms with E-state index in [1.54, 1.807) is 6.07 Å². The Labute approximate surface area is 138 Å². The Kier molecular flexibility index (Phi) is 4.86. The molecule has 5 heteroatoms. The Hall–Kier alpha value is -0.590. The number of hydrogen-bond donors (Lipinski definition) is 1. The van der Waals surface area contributed by atoms with E-state index in [0.717, 1.165) is 19.3 Å². The van der Waals surface area contributed by atoms with E-state index in [9.17, 15) is 4.79 Å². The molecule has 0 bridgehead atoms. The van der Waals surface area contributed by atoms with Crippen molar-refractivity contribution in [1.82, 2.24) is 0 Å². The van der Waals surface area contributed by atoms with Gasteiger partial charge in [-0.1, -0.05) is 11.6 Å². The maximum absolute atomic E-state index is 12.1. The summed E-state index contributed by atoms with van der Waals surface area (Å²) in [6, 6.07) is 11.0. The lowest BCUT2D eigenvalue weighted by atomic mass is 10.1. The first-order chi connectivity index (χ1) is 8.95. The van der Waals surface area contributed by atoms with Crippen LogP contribution in [-0.4, -0.2) is 5.91 Å². The molecular formula is C14H10BrClINO. The van der Waals surface area contributed by atoms with Crippen LogP contribution in [0.15, 0.2) is 40.9 Å². The SMILES string of the molecule is Cc1cc(Cl)cc(C(=O)Nc2ccc(I)c(Br)c2)c1.